The molecule has 0 aromatic heterocycles. The standard InChI is InChI=1S/C14H21N3O2/c1-9(2)16-13(18)8-17(4)14(19)11-7-10(3)5-6-12(11)15/h5-7,9H,8,15H2,1-4H3,(H,16,18). The van der Waals surface area contributed by atoms with Crippen LogP contribution in [0.4, 0.5) is 5.69 Å². The summed E-state index contributed by atoms with van der Waals surface area (Å²) in [5, 5.41) is 2.74. The quantitative estimate of drug-likeness (QED) is 0.801. The molecule has 1 aromatic carbocycles. The molecule has 3 N–H and O–H groups in total. The fourth-order valence-corrected chi connectivity index (χ4v) is 1.72. The zero-order valence-corrected chi connectivity index (χ0v) is 11.9. The van der Waals surface area contributed by atoms with Crippen LogP contribution in [0.15, 0.2) is 18.2 Å². The molecule has 1 rings (SSSR count). The molecule has 1 aromatic rings. The first-order valence-electron chi connectivity index (χ1n) is 6.22. The van der Waals surface area contributed by atoms with Crippen molar-refractivity contribution >= 4 is 17.5 Å². The SMILES string of the molecule is Cc1ccc(N)c(C(=O)N(C)CC(=O)NC(C)C)c1. The summed E-state index contributed by atoms with van der Waals surface area (Å²) >= 11 is 0. The Labute approximate surface area is 113 Å². The molecule has 0 aliphatic rings. The summed E-state index contributed by atoms with van der Waals surface area (Å²) in [5.41, 5.74) is 7.60. The van der Waals surface area contributed by atoms with E-state index in [9.17, 15) is 9.59 Å². The molecule has 0 aliphatic carbocycles. The second-order valence-corrected chi connectivity index (χ2v) is 4.97. The van der Waals surface area contributed by atoms with E-state index in [2.05, 4.69) is 5.32 Å². The summed E-state index contributed by atoms with van der Waals surface area (Å²) in [4.78, 5) is 25.2. The van der Waals surface area contributed by atoms with Crippen molar-refractivity contribution in [2.75, 3.05) is 19.3 Å². The second kappa shape index (κ2) is 6.22. The van der Waals surface area contributed by atoms with E-state index in [4.69, 9.17) is 5.73 Å². The van der Waals surface area contributed by atoms with Crippen LogP contribution in [0.1, 0.15) is 29.8 Å². The van der Waals surface area contributed by atoms with E-state index in [-0.39, 0.29) is 24.4 Å². The molecule has 0 aliphatic heterocycles. The van der Waals surface area contributed by atoms with Crippen molar-refractivity contribution < 1.29 is 9.59 Å². The molecule has 0 saturated carbocycles. The van der Waals surface area contributed by atoms with Crippen molar-refractivity contribution in [2.24, 2.45) is 0 Å². The van der Waals surface area contributed by atoms with Gasteiger partial charge in [0.2, 0.25) is 5.91 Å². The first-order valence-corrected chi connectivity index (χ1v) is 6.22. The molecule has 0 atom stereocenters. The lowest BCUT2D eigenvalue weighted by Gasteiger charge is -2.19. The van der Waals surface area contributed by atoms with Gasteiger partial charge in [0.25, 0.3) is 5.91 Å². The minimum absolute atomic E-state index is 0.0182. The van der Waals surface area contributed by atoms with Gasteiger partial charge in [0.05, 0.1) is 12.1 Å². The normalized spacial score (nSPS) is 10.4. The number of aryl methyl sites for hydroxylation is 1. The van der Waals surface area contributed by atoms with Gasteiger partial charge in [0.1, 0.15) is 0 Å². The Kier molecular flexibility index (Phi) is 4.92. The average molecular weight is 263 g/mol. The fraction of sp³-hybridized carbons (Fsp3) is 0.429. The third-order valence-electron chi connectivity index (χ3n) is 2.62. The Hall–Kier alpha value is -2.04. The molecule has 0 radical (unpaired) electrons. The number of rotatable bonds is 4. The Morgan fingerprint density at radius 3 is 2.58 bits per heavy atom. The van der Waals surface area contributed by atoms with Crippen molar-refractivity contribution in [3.8, 4) is 0 Å². The summed E-state index contributed by atoms with van der Waals surface area (Å²) in [6.07, 6.45) is 0. The number of carbonyl (C=O) groups excluding carboxylic acids is 2. The monoisotopic (exact) mass is 263 g/mol. The maximum Gasteiger partial charge on any atom is 0.256 e. The lowest BCUT2D eigenvalue weighted by atomic mass is 10.1. The molecule has 0 unspecified atom stereocenters. The van der Waals surface area contributed by atoms with Gasteiger partial charge >= 0.3 is 0 Å². The summed E-state index contributed by atoms with van der Waals surface area (Å²) < 4.78 is 0. The summed E-state index contributed by atoms with van der Waals surface area (Å²) in [7, 11) is 1.59. The Morgan fingerprint density at radius 2 is 2.00 bits per heavy atom. The minimum Gasteiger partial charge on any atom is -0.398 e. The van der Waals surface area contributed by atoms with Gasteiger partial charge in [-0.3, -0.25) is 9.59 Å². The summed E-state index contributed by atoms with van der Waals surface area (Å²) in [5.74, 6) is -0.433. The van der Waals surface area contributed by atoms with E-state index in [0.717, 1.165) is 5.56 Å². The van der Waals surface area contributed by atoms with Gasteiger partial charge in [-0.25, -0.2) is 0 Å². The Balaban J connectivity index is 2.77. The Morgan fingerprint density at radius 1 is 1.37 bits per heavy atom. The zero-order valence-electron chi connectivity index (χ0n) is 11.9. The molecule has 104 valence electrons. The molecular weight excluding hydrogens is 242 g/mol. The number of nitrogen functional groups attached to an aromatic ring is 1. The number of hydrogen-bond donors (Lipinski definition) is 2. The Bertz CT molecular complexity index is 484. The molecule has 0 fully saturated rings. The maximum atomic E-state index is 12.2. The number of hydrogen-bond acceptors (Lipinski definition) is 3. The predicted molar refractivity (Wildman–Crippen MR) is 75.8 cm³/mol. The molecule has 0 heterocycles. The summed E-state index contributed by atoms with van der Waals surface area (Å²) in [6, 6.07) is 5.33. The topological polar surface area (TPSA) is 75.4 Å². The van der Waals surface area contributed by atoms with Crippen LogP contribution in [0.2, 0.25) is 0 Å². The number of amides is 2. The molecule has 0 spiro atoms. The van der Waals surface area contributed by atoms with Crippen LogP contribution >= 0.6 is 0 Å². The van der Waals surface area contributed by atoms with E-state index < -0.39 is 0 Å². The van der Waals surface area contributed by atoms with Crippen molar-refractivity contribution in [2.45, 2.75) is 26.8 Å². The lowest BCUT2D eigenvalue weighted by Crippen LogP contribution is -2.41. The van der Waals surface area contributed by atoms with Crippen molar-refractivity contribution in [3.05, 3.63) is 29.3 Å². The van der Waals surface area contributed by atoms with E-state index in [0.29, 0.717) is 11.3 Å². The molecule has 0 saturated heterocycles. The average Bonchev–Trinajstić information content (AvgIpc) is 2.30. The molecule has 5 nitrogen and oxygen atoms in total. The number of nitrogens with one attached hydrogen (secondary N) is 1. The number of likely N-dealkylation sites (N-methyl/N-ethyl adjacent to an activating group) is 1. The third kappa shape index (κ3) is 4.28. The van der Waals surface area contributed by atoms with E-state index >= 15 is 0 Å². The molecule has 2 amide bonds. The summed E-state index contributed by atoms with van der Waals surface area (Å²) in [6.45, 7) is 5.66. The van der Waals surface area contributed by atoms with Crippen LogP contribution in [0, 0.1) is 6.92 Å². The highest BCUT2D eigenvalue weighted by molar-refractivity contribution is 6.00. The van der Waals surface area contributed by atoms with E-state index in [1.54, 1.807) is 19.2 Å². The van der Waals surface area contributed by atoms with Crippen LogP contribution in [0.5, 0.6) is 0 Å². The third-order valence-corrected chi connectivity index (χ3v) is 2.62. The lowest BCUT2D eigenvalue weighted by molar-refractivity contribution is -0.122. The van der Waals surface area contributed by atoms with Gasteiger partial charge < -0.3 is 16.0 Å². The molecule has 0 bridgehead atoms. The van der Waals surface area contributed by atoms with Crippen molar-refractivity contribution in [3.63, 3.8) is 0 Å². The number of benzene rings is 1. The highest BCUT2D eigenvalue weighted by Crippen LogP contribution is 2.15. The van der Waals surface area contributed by atoms with Crippen LogP contribution in [-0.4, -0.2) is 36.3 Å². The minimum atomic E-state index is -0.250. The molecule has 19 heavy (non-hydrogen) atoms. The van der Waals surface area contributed by atoms with E-state index in [1.165, 1.54) is 4.90 Å². The number of carbonyl (C=O) groups is 2. The van der Waals surface area contributed by atoms with Crippen LogP contribution < -0.4 is 11.1 Å². The number of nitrogens with zero attached hydrogens (tertiary/aromatic N) is 1. The van der Waals surface area contributed by atoms with Gasteiger partial charge in [0.15, 0.2) is 0 Å². The first kappa shape index (κ1) is 15.0. The van der Waals surface area contributed by atoms with Crippen LogP contribution in [-0.2, 0) is 4.79 Å². The first-order chi connectivity index (χ1) is 8.81. The number of nitrogens with two attached hydrogens (primary N) is 1. The van der Waals surface area contributed by atoms with E-state index in [1.807, 2.05) is 26.8 Å². The smallest absolute Gasteiger partial charge is 0.256 e. The van der Waals surface area contributed by atoms with Crippen LogP contribution in [0.25, 0.3) is 0 Å². The van der Waals surface area contributed by atoms with Gasteiger partial charge in [-0.05, 0) is 32.9 Å². The van der Waals surface area contributed by atoms with Crippen LogP contribution in [0.3, 0.4) is 0 Å². The zero-order chi connectivity index (χ0) is 14.6. The van der Waals surface area contributed by atoms with Crippen molar-refractivity contribution in [1.29, 1.82) is 0 Å². The van der Waals surface area contributed by atoms with Gasteiger partial charge in [-0.1, -0.05) is 11.6 Å². The van der Waals surface area contributed by atoms with Gasteiger partial charge in [0, 0.05) is 18.8 Å². The predicted octanol–water partition coefficient (Wildman–Crippen LogP) is 1.17. The fourth-order valence-electron chi connectivity index (χ4n) is 1.72. The van der Waals surface area contributed by atoms with Gasteiger partial charge in [-0.2, -0.15) is 0 Å². The highest BCUT2D eigenvalue weighted by atomic mass is 16.2. The molecule has 5 heteroatoms. The second-order valence-electron chi connectivity index (χ2n) is 4.97. The largest absolute Gasteiger partial charge is 0.398 e. The van der Waals surface area contributed by atoms with Gasteiger partial charge in [-0.15, -0.1) is 0 Å². The molecular formula is C14H21N3O2. The highest BCUT2D eigenvalue weighted by Gasteiger charge is 2.17. The maximum absolute atomic E-state index is 12.2. The number of anilines is 1. The van der Waals surface area contributed by atoms with Crippen molar-refractivity contribution in [1.82, 2.24) is 10.2 Å².